The zero-order chi connectivity index (χ0) is 18.7. The molecule has 1 N–H and O–H groups in total. The first-order chi connectivity index (χ1) is 12.5. The average molecular weight is 352 g/mol. The first-order valence-corrected chi connectivity index (χ1v) is 8.34. The van der Waals surface area contributed by atoms with Crippen LogP contribution < -0.4 is 10.3 Å². The highest BCUT2D eigenvalue weighted by Crippen LogP contribution is 2.15. The number of fused-ring (bicyclic) bond motifs is 1. The van der Waals surface area contributed by atoms with Crippen molar-refractivity contribution in [3.05, 3.63) is 70.1 Å². The van der Waals surface area contributed by atoms with Crippen molar-refractivity contribution in [2.24, 2.45) is 0 Å². The monoisotopic (exact) mass is 352 g/mol. The van der Waals surface area contributed by atoms with E-state index in [9.17, 15) is 14.7 Å². The first kappa shape index (κ1) is 17.8. The summed E-state index contributed by atoms with van der Waals surface area (Å²) in [7, 11) is 0. The number of aromatic nitrogens is 2. The number of aliphatic hydroxyl groups excluding tert-OH is 1. The van der Waals surface area contributed by atoms with E-state index in [1.165, 1.54) is 11.6 Å². The molecule has 3 aromatic rings. The SMILES string of the molecule is CC(=O)c1cccc(OC[C@H](O)Cn2nc(C)c3ccccc3c2=O)c1. The van der Waals surface area contributed by atoms with Crippen LogP contribution in [0, 0.1) is 6.92 Å². The summed E-state index contributed by atoms with van der Waals surface area (Å²) in [6, 6.07) is 14.0. The van der Waals surface area contributed by atoms with Gasteiger partial charge in [0, 0.05) is 10.9 Å². The molecule has 0 fully saturated rings. The minimum absolute atomic E-state index is 0.0125. The second-order valence-corrected chi connectivity index (χ2v) is 6.17. The van der Waals surface area contributed by atoms with Crippen molar-refractivity contribution in [2.75, 3.05) is 6.61 Å². The third-order valence-electron chi connectivity index (χ3n) is 4.12. The van der Waals surface area contributed by atoms with Crippen LogP contribution in [0.25, 0.3) is 10.8 Å². The van der Waals surface area contributed by atoms with E-state index in [1.54, 1.807) is 36.4 Å². The Labute approximate surface area is 150 Å². The zero-order valence-electron chi connectivity index (χ0n) is 14.7. The third kappa shape index (κ3) is 3.81. The zero-order valence-corrected chi connectivity index (χ0v) is 14.7. The number of aryl methyl sites for hydroxylation is 1. The molecule has 0 aliphatic carbocycles. The summed E-state index contributed by atoms with van der Waals surface area (Å²) in [5, 5.41) is 15.9. The van der Waals surface area contributed by atoms with E-state index >= 15 is 0 Å². The van der Waals surface area contributed by atoms with Gasteiger partial charge in [0.1, 0.15) is 18.5 Å². The maximum Gasteiger partial charge on any atom is 0.274 e. The molecule has 2 aromatic carbocycles. The smallest absolute Gasteiger partial charge is 0.274 e. The molecule has 0 bridgehead atoms. The van der Waals surface area contributed by atoms with Gasteiger partial charge in [-0.05, 0) is 32.0 Å². The Hall–Kier alpha value is -2.99. The highest BCUT2D eigenvalue weighted by atomic mass is 16.5. The quantitative estimate of drug-likeness (QED) is 0.689. The van der Waals surface area contributed by atoms with Crippen LogP contribution in [0.2, 0.25) is 0 Å². The van der Waals surface area contributed by atoms with Crippen molar-refractivity contribution in [3.8, 4) is 5.75 Å². The van der Waals surface area contributed by atoms with Crippen LogP contribution in [-0.2, 0) is 6.54 Å². The van der Waals surface area contributed by atoms with Crippen molar-refractivity contribution in [3.63, 3.8) is 0 Å². The number of ether oxygens (including phenoxy) is 1. The van der Waals surface area contributed by atoms with Crippen molar-refractivity contribution in [1.82, 2.24) is 9.78 Å². The summed E-state index contributed by atoms with van der Waals surface area (Å²) < 4.78 is 6.80. The molecule has 0 radical (unpaired) electrons. The maximum absolute atomic E-state index is 12.5. The number of carbonyl (C=O) groups is 1. The van der Waals surface area contributed by atoms with Crippen LogP contribution in [0.5, 0.6) is 5.75 Å². The molecule has 134 valence electrons. The van der Waals surface area contributed by atoms with E-state index < -0.39 is 6.10 Å². The number of ketones is 1. The Kier molecular flexibility index (Phi) is 5.14. The summed E-state index contributed by atoms with van der Waals surface area (Å²) in [6.07, 6.45) is -0.915. The Morgan fingerprint density at radius 3 is 2.65 bits per heavy atom. The molecule has 0 amide bonds. The van der Waals surface area contributed by atoms with Gasteiger partial charge in [-0.1, -0.05) is 30.3 Å². The van der Waals surface area contributed by atoms with Crippen molar-refractivity contribution in [1.29, 1.82) is 0 Å². The number of benzene rings is 2. The van der Waals surface area contributed by atoms with Crippen LogP contribution in [0.4, 0.5) is 0 Å². The van der Waals surface area contributed by atoms with E-state index in [4.69, 9.17) is 4.74 Å². The number of hydrogen-bond acceptors (Lipinski definition) is 5. The van der Waals surface area contributed by atoms with Gasteiger partial charge in [-0.3, -0.25) is 9.59 Å². The molecule has 26 heavy (non-hydrogen) atoms. The fourth-order valence-corrected chi connectivity index (χ4v) is 2.78. The topological polar surface area (TPSA) is 81.4 Å². The highest BCUT2D eigenvalue weighted by Gasteiger charge is 2.12. The van der Waals surface area contributed by atoms with E-state index in [0.717, 1.165) is 11.1 Å². The van der Waals surface area contributed by atoms with Crippen LogP contribution in [-0.4, -0.2) is 33.4 Å². The highest BCUT2D eigenvalue weighted by molar-refractivity contribution is 5.94. The number of carbonyl (C=O) groups excluding carboxylic acids is 1. The molecule has 0 aliphatic heterocycles. The number of Topliss-reactive ketones (excluding diaryl/α,β-unsaturated/α-hetero) is 1. The second-order valence-electron chi connectivity index (χ2n) is 6.17. The Bertz CT molecular complexity index is 1010. The van der Waals surface area contributed by atoms with Crippen LogP contribution in [0.3, 0.4) is 0 Å². The Balaban J connectivity index is 1.72. The lowest BCUT2D eigenvalue weighted by Gasteiger charge is -2.15. The fraction of sp³-hybridized carbons (Fsp3) is 0.250. The summed E-state index contributed by atoms with van der Waals surface area (Å²) in [5.41, 5.74) is 1.02. The van der Waals surface area contributed by atoms with Gasteiger partial charge < -0.3 is 9.84 Å². The molecule has 0 unspecified atom stereocenters. The maximum atomic E-state index is 12.5. The van der Waals surface area contributed by atoms with E-state index in [1.807, 2.05) is 19.1 Å². The molecular formula is C20H20N2O4. The minimum atomic E-state index is -0.915. The summed E-state index contributed by atoms with van der Waals surface area (Å²) in [5.74, 6) is 0.435. The van der Waals surface area contributed by atoms with Gasteiger partial charge in [-0.2, -0.15) is 5.10 Å². The van der Waals surface area contributed by atoms with Crippen molar-refractivity contribution >= 4 is 16.6 Å². The molecular weight excluding hydrogens is 332 g/mol. The van der Waals surface area contributed by atoms with Gasteiger partial charge in [0.25, 0.3) is 5.56 Å². The van der Waals surface area contributed by atoms with Gasteiger partial charge >= 0.3 is 0 Å². The Morgan fingerprint density at radius 2 is 1.92 bits per heavy atom. The standard InChI is InChI=1S/C20H20N2O4/c1-13-18-8-3-4-9-19(18)20(25)22(21-13)11-16(24)12-26-17-7-5-6-15(10-17)14(2)23/h3-10,16,24H,11-12H2,1-2H3/t16-/m1/s1. The van der Waals surface area contributed by atoms with Crippen LogP contribution in [0.15, 0.2) is 53.3 Å². The van der Waals surface area contributed by atoms with Gasteiger partial charge in [0.15, 0.2) is 5.78 Å². The summed E-state index contributed by atoms with van der Waals surface area (Å²) >= 11 is 0. The lowest BCUT2D eigenvalue weighted by atomic mass is 10.1. The normalized spacial score (nSPS) is 12.1. The second kappa shape index (κ2) is 7.49. The summed E-state index contributed by atoms with van der Waals surface area (Å²) in [6.45, 7) is 3.32. The molecule has 0 spiro atoms. The molecule has 0 saturated carbocycles. The van der Waals surface area contributed by atoms with Crippen molar-refractivity contribution in [2.45, 2.75) is 26.5 Å². The Morgan fingerprint density at radius 1 is 1.19 bits per heavy atom. The van der Waals surface area contributed by atoms with Crippen LogP contribution >= 0.6 is 0 Å². The molecule has 1 atom stereocenters. The van der Waals surface area contributed by atoms with Gasteiger partial charge in [0.2, 0.25) is 0 Å². The fourth-order valence-electron chi connectivity index (χ4n) is 2.78. The summed E-state index contributed by atoms with van der Waals surface area (Å²) in [4.78, 5) is 23.9. The van der Waals surface area contributed by atoms with Gasteiger partial charge in [0.05, 0.1) is 17.6 Å². The van der Waals surface area contributed by atoms with Crippen molar-refractivity contribution < 1.29 is 14.6 Å². The molecule has 6 heteroatoms. The largest absolute Gasteiger partial charge is 0.491 e. The lowest BCUT2D eigenvalue weighted by Crippen LogP contribution is -2.32. The van der Waals surface area contributed by atoms with Gasteiger partial charge in [-0.15, -0.1) is 0 Å². The first-order valence-electron chi connectivity index (χ1n) is 8.34. The number of hydrogen-bond donors (Lipinski definition) is 1. The molecule has 3 rings (SSSR count). The number of aliphatic hydroxyl groups is 1. The van der Waals surface area contributed by atoms with E-state index in [2.05, 4.69) is 5.10 Å². The molecule has 1 aromatic heterocycles. The molecule has 0 aliphatic rings. The third-order valence-corrected chi connectivity index (χ3v) is 4.12. The van der Waals surface area contributed by atoms with Gasteiger partial charge in [-0.25, -0.2) is 4.68 Å². The predicted molar refractivity (Wildman–Crippen MR) is 98.7 cm³/mol. The molecule has 0 saturated heterocycles. The number of rotatable bonds is 6. The minimum Gasteiger partial charge on any atom is -0.491 e. The number of nitrogens with zero attached hydrogens (tertiary/aromatic N) is 2. The lowest BCUT2D eigenvalue weighted by molar-refractivity contribution is 0.0879. The average Bonchev–Trinajstić information content (AvgIpc) is 2.64. The molecule has 6 nitrogen and oxygen atoms in total. The van der Waals surface area contributed by atoms with E-state index in [-0.39, 0.29) is 24.5 Å². The predicted octanol–water partition coefficient (Wildman–Crippen LogP) is 2.35. The van der Waals surface area contributed by atoms with Crippen LogP contribution in [0.1, 0.15) is 23.0 Å². The molecule has 1 heterocycles. The van der Waals surface area contributed by atoms with E-state index in [0.29, 0.717) is 16.7 Å².